The van der Waals surface area contributed by atoms with E-state index in [2.05, 4.69) is 0 Å². The topological polar surface area (TPSA) is 232 Å². The second-order valence-corrected chi connectivity index (χ2v) is 12.6. The van der Waals surface area contributed by atoms with Crippen molar-refractivity contribution in [2.75, 3.05) is 0 Å². The molecule has 0 fully saturated rings. The fraction of sp³-hybridized carbons (Fsp3) is 0. The Labute approximate surface area is 325 Å². The van der Waals surface area contributed by atoms with Crippen LogP contribution in [0.5, 0.6) is 40.2 Å². The van der Waals surface area contributed by atoms with Crippen molar-refractivity contribution in [3.63, 3.8) is 0 Å². The first kappa shape index (κ1) is 37.8. The van der Waals surface area contributed by atoms with Gasteiger partial charge in [0.15, 0.2) is 17.3 Å². The Bertz CT molecular complexity index is 3140. The summed E-state index contributed by atoms with van der Waals surface area (Å²) in [6, 6.07) is 35.6. The largest absolute Gasteiger partial charge is 0.508 e. The molecule has 58 heavy (non-hydrogen) atoms. The molecule has 0 saturated carbocycles. The summed E-state index contributed by atoms with van der Waals surface area (Å²) in [4.78, 5) is 36.1. The summed E-state index contributed by atoms with van der Waals surface area (Å²) in [5, 5.41) is 68.1. The molecule has 0 saturated heterocycles. The molecule has 0 radical (unpaired) electrons. The molecule has 288 valence electrons. The van der Waals surface area contributed by atoms with Crippen LogP contribution in [-0.4, -0.2) is 35.7 Å². The Balaban J connectivity index is 0.000000132. The lowest BCUT2D eigenvalue weighted by Gasteiger charge is -2.06. The highest BCUT2D eigenvalue weighted by molar-refractivity contribution is 5.84. The molecule has 0 aliphatic carbocycles. The zero-order chi connectivity index (χ0) is 41.1. The van der Waals surface area contributed by atoms with Crippen LogP contribution >= 0.6 is 0 Å². The lowest BCUT2D eigenvalue weighted by Crippen LogP contribution is -2.02. The second kappa shape index (κ2) is 15.7. The van der Waals surface area contributed by atoms with Gasteiger partial charge in [0, 0.05) is 22.8 Å². The molecule has 0 atom stereocenters. The fourth-order valence-electron chi connectivity index (χ4n) is 5.90. The summed E-state index contributed by atoms with van der Waals surface area (Å²) < 4.78 is 16.6. The van der Waals surface area contributed by atoms with E-state index in [9.17, 15) is 50.1 Å². The molecule has 13 nitrogen and oxygen atoms in total. The van der Waals surface area contributed by atoms with Gasteiger partial charge in [-0.15, -0.1) is 0 Å². The first-order valence-corrected chi connectivity index (χ1v) is 17.3. The van der Waals surface area contributed by atoms with Crippen LogP contribution in [-0.2, 0) is 0 Å². The minimum atomic E-state index is -0.575. The van der Waals surface area contributed by atoms with Gasteiger partial charge < -0.3 is 49.0 Å². The Kier molecular flexibility index (Phi) is 10.3. The number of benzene rings is 6. The summed E-state index contributed by atoms with van der Waals surface area (Å²) in [5.74, 6) is -1.07. The zero-order valence-corrected chi connectivity index (χ0v) is 29.9. The van der Waals surface area contributed by atoms with E-state index < -0.39 is 33.5 Å². The van der Waals surface area contributed by atoms with Crippen LogP contribution in [0.2, 0.25) is 0 Å². The number of aromatic hydroxyl groups is 7. The van der Waals surface area contributed by atoms with Gasteiger partial charge in [0.1, 0.15) is 39.7 Å². The van der Waals surface area contributed by atoms with Crippen molar-refractivity contribution in [2.45, 2.75) is 0 Å². The molecule has 7 N–H and O–H groups in total. The Morgan fingerprint density at radius 3 is 1.16 bits per heavy atom. The van der Waals surface area contributed by atoms with Gasteiger partial charge in [-0.25, -0.2) is 0 Å². The number of para-hydroxylation sites is 2. The minimum Gasteiger partial charge on any atom is -0.508 e. The van der Waals surface area contributed by atoms with Gasteiger partial charge in [0.2, 0.25) is 33.5 Å². The van der Waals surface area contributed by atoms with Crippen LogP contribution in [0.4, 0.5) is 0 Å². The van der Waals surface area contributed by atoms with E-state index in [1.165, 1.54) is 66.7 Å². The molecule has 0 spiro atoms. The van der Waals surface area contributed by atoms with Crippen molar-refractivity contribution in [1.82, 2.24) is 0 Å². The van der Waals surface area contributed by atoms with E-state index in [-0.39, 0.29) is 51.2 Å². The smallest absolute Gasteiger partial charge is 0.235 e. The van der Waals surface area contributed by atoms with Crippen molar-refractivity contribution in [2.24, 2.45) is 0 Å². The van der Waals surface area contributed by atoms with Gasteiger partial charge in [-0.2, -0.15) is 0 Å². The van der Waals surface area contributed by atoms with E-state index >= 15 is 0 Å². The molecule has 0 bridgehead atoms. The molecule has 0 aliphatic heterocycles. The van der Waals surface area contributed by atoms with Gasteiger partial charge >= 0.3 is 0 Å². The molecule has 0 unspecified atom stereocenters. The number of fused-ring (bicyclic) bond motifs is 3. The fourth-order valence-corrected chi connectivity index (χ4v) is 5.90. The van der Waals surface area contributed by atoms with Gasteiger partial charge in [-0.1, -0.05) is 36.4 Å². The molecule has 13 heteroatoms. The van der Waals surface area contributed by atoms with Gasteiger partial charge in [-0.05, 0) is 97.1 Å². The van der Waals surface area contributed by atoms with Crippen molar-refractivity contribution in [3.8, 4) is 74.2 Å². The number of phenolic OH excluding ortho intramolecular Hbond substituents is 4. The van der Waals surface area contributed by atoms with Crippen LogP contribution in [0.15, 0.2) is 167 Å². The maximum atomic E-state index is 12.1. The van der Waals surface area contributed by atoms with Crippen molar-refractivity contribution >= 4 is 32.9 Å². The van der Waals surface area contributed by atoms with Gasteiger partial charge in [-0.3, -0.25) is 14.4 Å². The van der Waals surface area contributed by atoms with E-state index in [1.54, 1.807) is 72.8 Å². The molecule has 3 aromatic heterocycles. The molecule has 9 aromatic rings. The number of phenols is 4. The highest BCUT2D eigenvalue weighted by Crippen LogP contribution is 2.34. The minimum absolute atomic E-state index is 0.00639. The lowest BCUT2D eigenvalue weighted by atomic mass is 10.1. The predicted octanol–water partition coefficient (Wildman–Crippen LogP) is 8.32. The Hall–Kier alpha value is -8.45. The maximum absolute atomic E-state index is 12.1. The molecule has 6 aromatic carbocycles. The van der Waals surface area contributed by atoms with E-state index in [1.807, 2.05) is 0 Å². The van der Waals surface area contributed by atoms with Crippen LogP contribution < -0.4 is 16.3 Å². The summed E-state index contributed by atoms with van der Waals surface area (Å²) in [7, 11) is 0. The third-order valence-corrected chi connectivity index (χ3v) is 8.77. The van der Waals surface area contributed by atoms with Crippen molar-refractivity contribution < 1.29 is 49.0 Å². The first-order valence-electron chi connectivity index (χ1n) is 17.3. The average molecular weight is 779 g/mol. The summed E-state index contributed by atoms with van der Waals surface area (Å²) in [6.45, 7) is 0. The van der Waals surface area contributed by atoms with Gasteiger partial charge in [0.05, 0.1) is 16.2 Å². The van der Waals surface area contributed by atoms with Crippen LogP contribution in [0, 0.1) is 0 Å². The quantitative estimate of drug-likeness (QED) is 0.0895. The second-order valence-electron chi connectivity index (χ2n) is 12.6. The van der Waals surface area contributed by atoms with Crippen molar-refractivity contribution in [1.29, 1.82) is 0 Å². The highest BCUT2D eigenvalue weighted by atomic mass is 16.4. The third-order valence-electron chi connectivity index (χ3n) is 8.77. The number of hydrogen-bond acceptors (Lipinski definition) is 13. The zero-order valence-electron chi connectivity index (χ0n) is 29.9. The normalized spacial score (nSPS) is 10.8. The summed E-state index contributed by atoms with van der Waals surface area (Å²) >= 11 is 0. The monoisotopic (exact) mass is 778 g/mol. The van der Waals surface area contributed by atoms with Crippen LogP contribution in [0.1, 0.15) is 0 Å². The maximum Gasteiger partial charge on any atom is 0.235 e. The Morgan fingerprint density at radius 2 is 0.690 bits per heavy atom. The van der Waals surface area contributed by atoms with Crippen LogP contribution in [0.25, 0.3) is 66.9 Å². The van der Waals surface area contributed by atoms with E-state index in [4.69, 9.17) is 13.3 Å². The molecule has 0 aliphatic rings. The van der Waals surface area contributed by atoms with Crippen molar-refractivity contribution in [3.05, 3.63) is 170 Å². The molecular formula is C45H30O13. The third kappa shape index (κ3) is 7.59. The number of hydrogen-bond donors (Lipinski definition) is 7. The lowest BCUT2D eigenvalue weighted by molar-refractivity contribution is 0.447. The standard InChI is InChI=1S/C15H10O5.2C15H10O4/c16-9-3-1-8(2-4-9)15-14(19)13(18)11-6-5-10(17)7-12(11)20-15;16-10-5-3-4-9(8-10)15-14(18)13(17)11-6-1-2-7-12(11)19-15;16-10-7-5-9(6-8-10)15-14(18)13(17)11-3-1-2-4-12(11)19-15/h1-7,16-17,19H;2*1-8,16,18H. The first-order chi connectivity index (χ1) is 27.9. The van der Waals surface area contributed by atoms with E-state index in [0.29, 0.717) is 38.6 Å². The SMILES string of the molecule is O=c1c(O)c(-c2ccc(O)cc2)oc2cc(O)ccc12.O=c1c(O)c(-c2ccc(O)cc2)oc2ccccc12.O=c1c(O)c(-c2cccc(O)c2)oc2ccccc12. The highest BCUT2D eigenvalue weighted by Gasteiger charge is 2.17. The molecule has 0 amide bonds. The number of rotatable bonds is 3. The molecular weight excluding hydrogens is 748 g/mol. The summed E-state index contributed by atoms with van der Waals surface area (Å²) in [6.07, 6.45) is 0. The Morgan fingerprint density at radius 1 is 0.310 bits per heavy atom. The molecule has 3 heterocycles. The summed E-state index contributed by atoms with van der Waals surface area (Å²) in [5.41, 5.74) is 0.869. The average Bonchev–Trinajstić information content (AvgIpc) is 3.23. The van der Waals surface area contributed by atoms with Gasteiger partial charge in [0.25, 0.3) is 0 Å². The van der Waals surface area contributed by atoms with Crippen LogP contribution in [0.3, 0.4) is 0 Å². The van der Waals surface area contributed by atoms with E-state index in [0.717, 1.165) is 0 Å². The predicted molar refractivity (Wildman–Crippen MR) is 215 cm³/mol. The molecule has 9 rings (SSSR count).